The number of hydrogen-bond acceptors (Lipinski definition) is 3. The Morgan fingerprint density at radius 2 is 2.00 bits per heavy atom. The Kier molecular flexibility index (Phi) is 3.91. The summed E-state index contributed by atoms with van der Waals surface area (Å²) < 4.78 is 5.58. The van der Waals surface area contributed by atoms with Crippen LogP contribution in [0.3, 0.4) is 0 Å². The number of benzene rings is 1. The summed E-state index contributed by atoms with van der Waals surface area (Å²) in [7, 11) is 0. The molecule has 0 fully saturated rings. The van der Waals surface area contributed by atoms with Crippen LogP contribution >= 0.6 is 0 Å². The van der Waals surface area contributed by atoms with Gasteiger partial charge in [-0.15, -0.1) is 0 Å². The molecular formula is C14H14N2O2. The summed E-state index contributed by atoms with van der Waals surface area (Å²) in [6.45, 7) is 1.91. The van der Waals surface area contributed by atoms with E-state index in [4.69, 9.17) is 4.74 Å². The van der Waals surface area contributed by atoms with Crippen molar-refractivity contribution in [2.45, 2.75) is 13.5 Å². The van der Waals surface area contributed by atoms with E-state index in [1.165, 1.54) is 6.92 Å². The molecule has 1 heterocycles. The highest BCUT2D eigenvalue weighted by Crippen LogP contribution is 2.16. The molecule has 1 aromatic carbocycles. The molecule has 2 rings (SSSR count). The molecule has 0 aliphatic rings. The summed E-state index contributed by atoms with van der Waals surface area (Å²) in [6, 6.07) is 12.9. The lowest BCUT2D eigenvalue weighted by Gasteiger charge is -2.07. The molecule has 1 aromatic heterocycles. The van der Waals surface area contributed by atoms with Gasteiger partial charge in [0.15, 0.2) is 0 Å². The summed E-state index contributed by atoms with van der Waals surface area (Å²) in [5, 5.41) is 2.70. The summed E-state index contributed by atoms with van der Waals surface area (Å²) in [6.07, 6.45) is 1.73. The normalized spacial score (nSPS) is 9.83. The van der Waals surface area contributed by atoms with E-state index in [0.717, 1.165) is 17.1 Å². The van der Waals surface area contributed by atoms with Crippen molar-refractivity contribution in [1.29, 1.82) is 0 Å². The maximum atomic E-state index is 10.9. The molecule has 92 valence electrons. The number of aromatic nitrogens is 1. The third-order valence-corrected chi connectivity index (χ3v) is 2.29. The minimum Gasteiger partial charge on any atom is -0.487 e. The van der Waals surface area contributed by atoms with Crippen LogP contribution in [-0.4, -0.2) is 10.9 Å². The van der Waals surface area contributed by atoms with Crippen LogP contribution in [0.1, 0.15) is 12.6 Å². The fourth-order valence-electron chi connectivity index (χ4n) is 1.48. The van der Waals surface area contributed by atoms with Gasteiger partial charge in [-0.2, -0.15) is 0 Å². The molecule has 0 aliphatic carbocycles. The molecule has 0 atom stereocenters. The molecule has 0 saturated heterocycles. The fourth-order valence-corrected chi connectivity index (χ4v) is 1.48. The van der Waals surface area contributed by atoms with Gasteiger partial charge in [-0.3, -0.25) is 9.78 Å². The van der Waals surface area contributed by atoms with Crippen LogP contribution in [0.2, 0.25) is 0 Å². The van der Waals surface area contributed by atoms with Crippen LogP contribution in [0, 0.1) is 0 Å². The second kappa shape index (κ2) is 5.82. The predicted octanol–water partition coefficient (Wildman–Crippen LogP) is 2.62. The maximum absolute atomic E-state index is 10.9. The minimum absolute atomic E-state index is 0.0860. The Bertz CT molecular complexity index is 509. The molecule has 1 N–H and O–H groups in total. The molecule has 4 heteroatoms. The molecule has 0 unspecified atom stereocenters. The summed E-state index contributed by atoms with van der Waals surface area (Å²) in [5.41, 5.74) is 1.64. The third-order valence-electron chi connectivity index (χ3n) is 2.29. The lowest BCUT2D eigenvalue weighted by molar-refractivity contribution is -0.114. The van der Waals surface area contributed by atoms with E-state index in [9.17, 15) is 4.79 Å². The number of anilines is 1. The molecule has 18 heavy (non-hydrogen) atoms. The van der Waals surface area contributed by atoms with Crippen molar-refractivity contribution in [3.8, 4) is 5.75 Å². The van der Waals surface area contributed by atoms with Crippen molar-refractivity contribution in [2.24, 2.45) is 0 Å². The first-order valence-electron chi connectivity index (χ1n) is 5.64. The van der Waals surface area contributed by atoms with Gasteiger partial charge in [0.2, 0.25) is 5.91 Å². The van der Waals surface area contributed by atoms with Crippen molar-refractivity contribution in [1.82, 2.24) is 4.98 Å². The average molecular weight is 242 g/mol. The van der Waals surface area contributed by atoms with E-state index in [-0.39, 0.29) is 5.91 Å². The number of pyridine rings is 1. The smallest absolute Gasteiger partial charge is 0.221 e. The SMILES string of the molecule is CC(=O)Nc1ccc(OCc2ccccn2)cc1. The molecule has 0 spiro atoms. The number of carbonyl (C=O) groups is 1. The monoisotopic (exact) mass is 242 g/mol. The lowest BCUT2D eigenvalue weighted by atomic mass is 10.3. The lowest BCUT2D eigenvalue weighted by Crippen LogP contribution is -2.05. The number of hydrogen-bond donors (Lipinski definition) is 1. The van der Waals surface area contributed by atoms with Gasteiger partial charge in [-0.25, -0.2) is 0 Å². The topological polar surface area (TPSA) is 51.2 Å². The zero-order valence-corrected chi connectivity index (χ0v) is 10.1. The fraction of sp³-hybridized carbons (Fsp3) is 0.143. The number of ether oxygens (including phenoxy) is 1. The van der Waals surface area contributed by atoms with Crippen LogP contribution in [0.4, 0.5) is 5.69 Å². The van der Waals surface area contributed by atoms with Gasteiger partial charge >= 0.3 is 0 Å². The van der Waals surface area contributed by atoms with Gasteiger partial charge in [0, 0.05) is 18.8 Å². The Hall–Kier alpha value is -2.36. The number of nitrogens with zero attached hydrogens (tertiary/aromatic N) is 1. The second-order valence-corrected chi connectivity index (χ2v) is 3.82. The van der Waals surface area contributed by atoms with Gasteiger partial charge in [0.05, 0.1) is 5.69 Å². The standard InChI is InChI=1S/C14H14N2O2/c1-11(17)16-12-5-7-14(8-6-12)18-10-13-4-2-3-9-15-13/h2-9H,10H2,1H3,(H,16,17). The Morgan fingerprint density at radius 3 is 2.61 bits per heavy atom. The second-order valence-electron chi connectivity index (χ2n) is 3.82. The Morgan fingerprint density at radius 1 is 1.22 bits per heavy atom. The number of amides is 1. The van der Waals surface area contributed by atoms with Crippen LogP contribution in [-0.2, 0) is 11.4 Å². The zero-order valence-electron chi connectivity index (χ0n) is 10.1. The Balaban J connectivity index is 1.92. The highest BCUT2D eigenvalue weighted by atomic mass is 16.5. The molecule has 0 saturated carbocycles. The van der Waals surface area contributed by atoms with E-state index >= 15 is 0 Å². The summed E-state index contributed by atoms with van der Waals surface area (Å²) in [4.78, 5) is 15.0. The number of rotatable bonds is 4. The van der Waals surface area contributed by atoms with Crippen molar-refractivity contribution in [3.05, 3.63) is 54.4 Å². The van der Waals surface area contributed by atoms with E-state index in [1.807, 2.05) is 30.3 Å². The largest absolute Gasteiger partial charge is 0.487 e. The number of nitrogens with one attached hydrogen (secondary N) is 1. The van der Waals surface area contributed by atoms with E-state index < -0.39 is 0 Å². The van der Waals surface area contributed by atoms with Crippen LogP contribution in [0.15, 0.2) is 48.7 Å². The quantitative estimate of drug-likeness (QED) is 0.896. The van der Waals surface area contributed by atoms with Crippen LogP contribution < -0.4 is 10.1 Å². The molecule has 1 amide bonds. The van der Waals surface area contributed by atoms with E-state index in [0.29, 0.717) is 6.61 Å². The first-order valence-corrected chi connectivity index (χ1v) is 5.64. The van der Waals surface area contributed by atoms with E-state index in [1.54, 1.807) is 18.3 Å². The summed E-state index contributed by atoms with van der Waals surface area (Å²) in [5.74, 6) is 0.659. The maximum Gasteiger partial charge on any atom is 0.221 e. The van der Waals surface area contributed by atoms with Crippen molar-refractivity contribution in [2.75, 3.05) is 5.32 Å². The first-order chi connectivity index (χ1) is 8.74. The Labute approximate surface area is 106 Å². The van der Waals surface area contributed by atoms with Gasteiger partial charge < -0.3 is 10.1 Å². The van der Waals surface area contributed by atoms with Crippen molar-refractivity contribution < 1.29 is 9.53 Å². The highest BCUT2D eigenvalue weighted by molar-refractivity contribution is 5.88. The minimum atomic E-state index is -0.0860. The van der Waals surface area contributed by atoms with Gasteiger partial charge in [-0.1, -0.05) is 6.07 Å². The predicted molar refractivity (Wildman–Crippen MR) is 69.3 cm³/mol. The zero-order chi connectivity index (χ0) is 12.8. The van der Waals surface area contributed by atoms with E-state index in [2.05, 4.69) is 10.3 Å². The molecule has 0 radical (unpaired) electrons. The molecular weight excluding hydrogens is 228 g/mol. The average Bonchev–Trinajstić information content (AvgIpc) is 2.38. The first kappa shape index (κ1) is 12.1. The van der Waals surface area contributed by atoms with Gasteiger partial charge in [0.25, 0.3) is 0 Å². The molecule has 0 bridgehead atoms. The van der Waals surface area contributed by atoms with Crippen molar-refractivity contribution >= 4 is 11.6 Å². The van der Waals surface area contributed by atoms with Gasteiger partial charge in [0.1, 0.15) is 12.4 Å². The molecule has 4 nitrogen and oxygen atoms in total. The van der Waals surface area contributed by atoms with Crippen molar-refractivity contribution in [3.63, 3.8) is 0 Å². The van der Waals surface area contributed by atoms with Gasteiger partial charge in [-0.05, 0) is 36.4 Å². The van der Waals surface area contributed by atoms with Crippen LogP contribution in [0.5, 0.6) is 5.75 Å². The molecule has 2 aromatic rings. The number of carbonyl (C=O) groups excluding carboxylic acids is 1. The molecule has 0 aliphatic heterocycles. The highest BCUT2D eigenvalue weighted by Gasteiger charge is 1.98. The summed E-state index contributed by atoms with van der Waals surface area (Å²) >= 11 is 0. The van der Waals surface area contributed by atoms with Crippen LogP contribution in [0.25, 0.3) is 0 Å². The third kappa shape index (κ3) is 3.59.